The van der Waals surface area contributed by atoms with Gasteiger partial charge in [0.1, 0.15) is 11.8 Å². The van der Waals surface area contributed by atoms with E-state index in [9.17, 15) is 9.59 Å². The minimum absolute atomic E-state index is 0.0371. The van der Waals surface area contributed by atoms with Gasteiger partial charge in [-0.3, -0.25) is 9.59 Å². The number of anilines is 1. The molecule has 1 rings (SSSR count). The van der Waals surface area contributed by atoms with Gasteiger partial charge in [0.25, 0.3) is 0 Å². The molecule has 0 heterocycles. The van der Waals surface area contributed by atoms with Crippen LogP contribution in [0.3, 0.4) is 0 Å². The van der Waals surface area contributed by atoms with Crippen molar-refractivity contribution in [1.29, 1.82) is 0 Å². The first-order valence-electron chi connectivity index (χ1n) is 6.73. The van der Waals surface area contributed by atoms with Crippen LogP contribution >= 0.6 is 0 Å². The number of carbonyl (C=O) groups excluding carboxylic acids is 2. The van der Waals surface area contributed by atoms with E-state index >= 15 is 0 Å². The lowest BCUT2D eigenvalue weighted by Crippen LogP contribution is -2.45. The lowest BCUT2D eigenvalue weighted by molar-refractivity contribution is -0.126. The van der Waals surface area contributed by atoms with E-state index in [-0.39, 0.29) is 17.9 Å². The van der Waals surface area contributed by atoms with Crippen molar-refractivity contribution in [1.82, 2.24) is 5.32 Å². The van der Waals surface area contributed by atoms with Gasteiger partial charge in [0.05, 0.1) is 19.2 Å². The maximum absolute atomic E-state index is 11.9. The van der Waals surface area contributed by atoms with E-state index in [1.54, 1.807) is 18.2 Å². The number of hydrogen-bond acceptors (Lipinski definition) is 4. The highest BCUT2D eigenvalue weighted by Crippen LogP contribution is 2.24. The van der Waals surface area contributed by atoms with E-state index in [2.05, 4.69) is 10.6 Å². The number of hydrogen-bond donors (Lipinski definition) is 3. The maximum atomic E-state index is 11.9. The molecule has 0 bridgehead atoms. The second-order valence-electron chi connectivity index (χ2n) is 5.80. The summed E-state index contributed by atoms with van der Waals surface area (Å²) in [4.78, 5) is 23.5. The molecule has 0 saturated carbocycles. The zero-order valence-corrected chi connectivity index (χ0v) is 12.9. The highest BCUT2D eigenvalue weighted by Gasteiger charge is 2.23. The molecule has 1 unspecified atom stereocenters. The van der Waals surface area contributed by atoms with Gasteiger partial charge in [-0.1, -0.05) is 12.1 Å². The molecule has 0 aliphatic carbocycles. The predicted octanol–water partition coefficient (Wildman–Crippen LogP) is 1.27. The topological polar surface area (TPSA) is 93.4 Å². The van der Waals surface area contributed by atoms with E-state index in [4.69, 9.17) is 10.5 Å². The predicted molar refractivity (Wildman–Crippen MR) is 82.1 cm³/mol. The van der Waals surface area contributed by atoms with E-state index in [0.29, 0.717) is 11.4 Å². The summed E-state index contributed by atoms with van der Waals surface area (Å²) in [6, 6.07) is 6.34. The van der Waals surface area contributed by atoms with Crippen molar-refractivity contribution >= 4 is 17.5 Å². The minimum atomic E-state index is -0.802. The quantitative estimate of drug-likeness (QED) is 0.736. The molecule has 0 aliphatic heterocycles. The van der Waals surface area contributed by atoms with Gasteiger partial charge in [0.15, 0.2) is 0 Å². The van der Waals surface area contributed by atoms with Crippen molar-refractivity contribution < 1.29 is 14.3 Å². The van der Waals surface area contributed by atoms with Crippen LogP contribution in [0.1, 0.15) is 27.2 Å². The Morgan fingerprint density at radius 3 is 2.43 bits per heavy atom. The lowest BCUT2D eigenvalue weighted by atomic mass is 10.1. The van der Waals surface area contributed by atoms with Gasteiger partial charge in [0.2, 0.25) is 11.8 Å². The highest BCUT2D eigenvalue weighted by molar-refractivity contribution is 5.90. The molecule has 0 spiro atoms. The monoisotopic (exact) mass is 293 g/mol. The fraction of sp³-hybridized carbons (Fsp3) is 0.467. The number of nitrogens with one attached hydrogen (secondary N) is 2. The number of methoxy groups -OCH3 is 1. The SMILES string of the molecule is COc1ccccc1NC(CC(=O)NC(C)(C)C)C(N)=O. The van der Waals surface area contributed by atoms with Gasteiger partial charge >= 0.3 is 0 Å². The zero-order valence-electron chi connectivity index (χ0n) is 12.9. The zero-order chi connectivity index (χ0) is 16.0. The highest BCUT2D eigenvalue weighted by atomic mass is 16.5. The van der Waals surface area contributed by atoms with Crippen LogP contribution in [0.4, 0.5) is 5.69 Å². The number of ether oxygens (including phenoxy) is 1. The van der Waals surface area contributed by atoms with Crippen LogP contribution in [-0.4, -0.2) is 30.5 Å². The standard InChI is InChI=1S/C15H23N3O3/c1-15(2,3)18-13(19)9-11(14(16)20)17-10-7-5-6-8-12(10)21-4/h5-8,11,17H,9H2,1-4H3,(H2,16,20)(H,18,19). The van der Waals surface area contributed by atoms with E-state index in [1.165, 1.54) is 7.11 Å². The van der Waals surface area contributed by atoms with Gasteiger partial charge in [-0.05, 0) is 32.9 Å². The number of nitrogens with two attached hydrogens (primary N) is 1. The molecular formula is C15H23N3O3. The molecule has 1 aromatic rings. The second-order valence-corrected chi connectivity index (χ2v) is 5.80. The molecule has 1 atom stereocenters. The fourth-order valence-electron chi connectivity index (χ4n) is 1.83. The van der Waals surface area contributed by atoms with Crippen LogP contribution in [-0.2, 0) is 9.59 Å². The molecule has 116 valence electrons. The van der Waals surface area contributed by atoms with Gasteiger partial charge < -0.3 is 21.1 Å². The largest absolute Gasteiger partial charge is 0.495 e. The lowest BCUT2D eigenvalue weighted by Gasteiger charge is -2.23. The van der Waals surface area contributed by atoms with Gasteiger partial charge in [-0.15, -0.1) is 0 Å². The van der Waals surface area contributed by atoms with Crippen LogP contribution in [0.25, 0.3) is 0 Å². The Morgan fingerprint density at radius 2 is 1.90 bits per heavy atom. The van der Waals surface area contributed by atoms with Crippen molar-refractivity contribution in [2.45, 2.75) is 38.8 Å². The third kappa shape index (κ3) is 5.72. The molecular weight excluding hydrogens is 270 g/mol. The average molecular weight is 293 g/mol. The molecule has 0 saturated heterocycles. The van der Waals surface area contributed by atoms with Crippen LogP contribution in [0.15, 0.2) is 24.3 Å². The summed E-state index contributed by atoms with van der Waals surface area (Å²) in [7, 11) is 1.53. The summed E-state index contributed by atoms with van der Waals surface area (Å²) in [5, 5.41) is 5.76. The van der Waals surface area contributed by atoms with E-state index in [1.807, 2.05) is 26.8 Å². The number of primary amides is 1. The van der Waals surface area contributed by atoms with E-state index < -0.39 is 11.9 Å². The maximum Gasteiger partial charge on any atom is 0.240 e. The summed E-state index contributed by atoms with van der Waals surface area (Å²) >= 11 is 0. The molecule has 0 aliphatic rings. The Labute approximate surface area is 125 Å². The molecule has 4 N–H and O–H groups in total. The molecule has 6 heteroatoms. The molecule has 0 radical (unpaired) electrons. The van der Waals surface area contributed by atoms with Crippen LogP contribution in [0.2, 0.25) is 0 Å². The summed E-state index contributed by atoms with van der Waals surface area (Å²) in [6.07, 6.45) is -0.0371. The van der Waals surface area contributed by atoms with Crippen molar-refractivity contribution in [2.24, 2.45) is 5.73 Å². The summed E-state index contributed by atoms with van der Waals surface area (Å²) in [6.45, 7) is 5.62. The molecule has 0 aromatic heterocycles. The molecule has 1 aromatic carbocycles. The van der Waals surface area contributed by atoms with Crippen molar-refractivity contribution in [3.05, 3.63) is 24.3 Å². The smallest absolute Gasteiger partial charge is 0.240 e. The summed E-state index contributed by atoms with van der Waals surface area (Å²) in [5.41, 5.74) is 5.63. The summed E-state index contributed by atoms with van der Waals surface area (Å²) in [5.74, 6) is -0.251. The third-order valence-corrected chi connectivity index (χ3v) is 2.68. The number of benzene rings is 1. The minimum Gasteiger partial charge on any atom is -0.495 e. The van der Waals surface area contributed by atoms with Crippen LogP contribution in [0.5, 0.6) is 5.75 Å². The Bertz CT molecular complexity index is 509. The van der Waals surface area contributed by atoms with E-state index in [0.717, 1.165) is 0 Å². The number of para-hydroxylation sites is 2. The Hall–Kier alpha value is -2.24. The first kappa shape index (κ1) is 16.8. The van der Waals surface area contributed by atoms with Gasteiger partial charge in [-0.25, -0.2) is 0 Å². The second kappa shape index (κ2) is 6.97. The Balaban J connectivity index is 2.79. The van der Waals surface area contributed by atoms with Gasteiger partial charge in [-0.2, -0.15) is 0 Å². The number of amides is 2. The van der Waals surface area contributed by atoms with Crippen molar-refractivity contribution in [2.75, 3.05) is 12.4 Å². The normalized spacial score (nSPS) is 12.4. The first-order valence-corrected chi connectivity index (χ1v) is 6.73. The number of carbonyl (C=O) groups is 2. The molecule has 21 heavy (non-hydrogen) atoms. The summed E-state index contributed by atoms with van der Waals surface area (Å²) < 4.78 is 5.20. The van der Waals surface area contributed by atoms with Gasteiger partial charge in [0, 0.05) is 5.54 Å². The Morgan fingerprint density at radius 1 is 1.29 bits per heavy atom. The molecule has 2 amide bonds. The van der Waals surface area contributed by atoms with Crippen LogP contribution in [0, 0.1) is 0 Å². The van der Waals surface area contributed by atoms with Crippen molar-refractivity contribution in [3.63, 3.8) is 0 Å². The fourth-order valence-corrected chi connectivity index (χ4v) is 1.83. The third-order valence-electron chi connectivity index (χ3n) is 2.68. The molecule has 6 nitrogen and oxygen atoms in total. The first-order chi connectivity index (χ1) is 9.73. The number of rotatable bonds is 6. The van der Waals surface area contributed by atoms with Crippen molar-refractivity contribution in [3.8, 4) is 5.75 Å². The molecule has 0 fully saturated rings. The van der Waals surface area contributed by atoms with Crippen LogP contribution < -0.4 is 21.1 Å². The Kier molecular flexibility index (Phi) is 5.58. The average Bonchev–Trinajstić information content (AvgIpc) is 2.36.